The summed E-state index contributed by atoms with van der Waals surface area (Å²) < 4.78 is 0. The van der Waals surface area contributed by atoms with Crippen molar-refractivity contribution in [1.82, 2.24) is 10.6 Å². The molecule has 22 heavy (non-hydrogen) atoms. The molecule has 1 heterocycles. The van der Waals surface area contributed by atoms with E-state index in [0.29, 0.717) is 12.5 Å². The Labute approximate surface area is 151 Å². The molecule has 0 saturated carbocycles. The van der Waals surface area contributed by atoms with E-state index in [4.69, 9.17) is 0 Å². The number of carbonyl (C=O) groups is 1. The van der Waals surface area contributed by atoms with Crippen molar-refractivity contribution in [3.05, 3.63) is 52.7 Å². The summed E-state index contributed by atoms with van der Waals surface area (Å²) in [5.74, 6) is 0.492. The first-order valence-corrected chi connectivity index (χ1v) is 7.47. The number of para-hydroxylation sites is 1. The van der Waals surface area contributed by atoms with E-state index in [1.807, 2.05) is 47.8 Å². The van der Waals surface area contributed by atoms with E-state index in [2.05, 4.69) is 20.9 Å². The van der Waals surface area contributed by atoms with E-state index in [1.165, 1.54) is 4.88 Å². The molecule has 1 amide bonds. The van der Waals surface area contributed by atoms with Crippen LogP contribution in [0.4, 0.5) is 5.69 Å². The summed E-state index contributed by atoms with van der Waals surface area (Å²) in [7, 11) is 1.68. The van der Waals surface area contributed by atoms with Crippen LogP contribution in [0.3, 0.4) is 0 Å². The highest BCUT2D eigenvalue weighted by Crippen LogP contribution is 2.07. The summed E-state index contributed by atoms with van der Waals surface area (Å²) in [6.45, 7) is 0.858. The van der Waals surface area contributed by atoms with Crippen LogP contribution in [0.1, 0.15) is 4.88 Å². The minimum absolute atomic E-state index is 0. The highest BCUT2D eigenvalue weighted by Gasteiger charge is 2.04. The van der Waals surface area contributed by atoms with Gasteiger partial charge in [0.15, 0.2) is 5.96 Å². The molecule has 0 aliphatic carbocycles. The molecule has 0 spiro atoms. The molecule has 3 N–H and O–H groups in total. The number of rotatable bonds is 5. The van der Waals surface area contributed by atoms with E-state index in [1.54, 1.807) is 18.4 Å². The number of benzene rings is 1. The third-order valence-corrected chi connectivity index (χ3v) is 3.58. The Bertz CT molecular complexity index is 587. The fourth-order valence-electron chi connectivity index (χ4n) is 1.70. The molecule has 7 heteroatoms. The highest BCUT2D eigenvalue weighted by molar-refractivity contribution is 14.0. The van der Waals surface area contributed by atoms with Gasteiger partial charge in [-0.15, -0.1) is 35.3 Å². The Kier molecular flexibility index (Phi) is 8.53. The van der Waals surface area contributed by atoms with Crippen molar-refractivity contribution in [2.24, 2.45) is 4.99 Å². The molecule has 0 radical (unpaired) electrons. The normalized spacial score (nSPS) is 10.5. The Morgan fingerprint density at radius 1 is 1.14 bits per heavy atom. The number of halogens is 1. The zero-order valence-corrected chi connectivity index (χ0v) is 15.4. The standard InChI is InChI=1S/C15H18N4OS.HI/c1-16-15(17-10-13-8-5-9-21-13)18-11-14(20)19-12-6-3-2-4-7-12;/h2-9H,10-11H2,1H3,(H,19,20)(H2,16,17,18);1H. The zero-order chi connectivity index (χ0) is 14.9. The van der Waals surface area contributed by atoms with E-state index in [0.717, 1.165) is 5.69 Å². The predicted molar refractivity (Wildman–Crippen MR) is 103 cm³/mol. The lowest BCUT2D eigenvalue weighted by atomic mass is 10.3. The average molecular weight is 430 g/mol. The average Bonchev–Trinajstić information content (AvgIpc) is 3.02. The third kappa shape index (κ3) is 6.44. The zero-order valence-electron chi connectivity index (χ0n) is 12.2. The second-order valence-corrected chi connectivity index (χ2v) is 5.31. The monoisotopic (exact) mass is 430 g/mol. The first-order valence-electron chi connectivity index (χ1n) is 6.60. The van der Waals surface area contributed by atoms with Crippen LogP contribution in [0, 0.1) is 0 Å². The number of aliphatic imine (C=N–C) groups is 1. The smallest absolute Gasteiger partial charge is 0.243 e. The van der Waals surface area contributed by atoms with Crippen LogP contribution in [0.15, 0.2) is 52.8 Å². The van der Waals surface area contributed by atoms with Gasteiger partial charge in [0, 0.05) is 17.6 Å². The van der Waals surface area contributed by atoms with E-state index >= 15 is 0 Å². The lowest BCUT2D eigenvalue weighted by Crippen LogP contribution is -2.40. The van der Waals surface area contributed by atoms with Crippen LogP contribution in [-0.4, -0.2) is 25.5 Å². The second kappa shape index (κ2) is 10.2. The summed E-state index contributed by atoms with van der Waals surface area (Å²) >= 11 is 1.68. The molecule has 0 saturated heterocycles. The summed E-state index contributed by atoms with van der Waals surface area (Å²) in [6, 6.07) is 13.4. The van der Waals surface area contributed by atoms with Crippen molar-refractivity contribution in [1.29, 1.82) is 0 Å². The molecule has 0 aliphatic heterocycles. The van der Waals surface area contributed by atoms with Crippen LogP contribution < -0.4 is 16.0 Å². The molecule has 0 atom stereocenters. The molecule has 2 aromatic rings. The van der Waals surface area contributed by atoms with E-state index in [9.17, 15) is 4.79 Å². The first-order chi connectivity index (χ1) is 10.3. The maximum atomic E-state index is 11.8. The van der Waals surface area contributed by atoms with Crippen molar-refractivity contribution in [2.45, 2.75) is 6.54 Å². The Balaban J connectivity index is 0.00000242. The number of anilines is 1. The Morgan fingerprint density at radius 2 is 1.91 bits per heavy atom. The van der Waals surface area contributed by atoms with Gasteiger partial charge in [-0.1, -0.05) is 24.3 Å². The largest absolute Gasteiger partial charge is 0.352 e. The number of thiophene rings is 1. The molecule has 0 aliphatic rings. The number of hydrogen-bond acceptors (Lipinski definition) is 3. The maximum Gasteiger partial charge on any atom is 0.243 e. The van der Waals surface area contributed by atoms with Gasteiger partial charge in [-0.25, -0.2) is 0 Å². The van der Waals surface area contributed by atoms with E-state index < -0.39 is 0 Å². The molecule has 2 rings (SSSR count). The van der Waals surface area contributed by atoms with Crippen molar-refractivity contribution < 1.29 is 4.79 Å². The van der Waals surface area contributed by atoms with E-state index in [-0.39, 0.29) is 36.4 Å². The van der Waals surface area contributed by atoms with Gasteiger partial charge in [0.2, 0.25) is 5.91 Å². The summed E-state index contributed by atoms with van der Waals surface area (Å²) in [5.41, 5.74) is 0.783. The molecule has 5 nitrogen and oxygen atoms in total. The Morgan fingerprint density at radius 3 is 2.55 bits per heavy atom. The second-order valence-electron chi connectivity index (χ2n) is 4.27. The fourth-order valence-corrected chi connectivity index (χ4v) is 2.34. The van der Waals surface area contributed by atoms with Gasteiger partial charge < -0.3 is 16.0 Å². The fraction of sp³-hybridized carbons (Fsp3) is 0.200. The summed E-state index contributed by atoms with van der Waals surface area (Å²) in [4.78, 5) is 17.1. The molecule has 1 aromatic carbocycles. The third-order valence-electron chi connectivity index (χ3n) is 2.71. The molecule has 0 unspecified atom stereocenters. The quantitative estimate of drug-likeness (QED) is 0.388. The molecule has 118 valence electrons. The minimum atomic E-state index is -0.111. The van der Waals surface area contributed by atoms with Crippen LogP contribution in [0.25, 0.3) is 0 Å². The lowest BCUT2D eigenvalue weighted by molar-refractivity contribution is -0.115. The summed E-state index contributed by atoms with van der Waals surface area (Å²) in [5, 5.41) is 11.0. The van der Waals surface area contributed by atoms with Crippen molar-refractivity contribution in [3.8, 4) is 0 Å². The number of nitrogens with one attached hydrogen (secondary N) is 3. The maximum absolute atomic E-state index is 11.8. The molecule has 0 bridgehead atoms. The Hall–Kier alpha value is -1.61. The van der Waals surface area contributed by atoms with Gasteiger partial charge in [-0.2, -0.15) is 0 Å². The topological polar surface area (TPSA) is 65.5 Å². The number of carbonyl (C=O) groups excluding carboxylic acids is 1. The highest BCUT2D eigenvalue weighted by atomic mass is 127. The number of nitrogens with zero attached hydrogens (tertiary/aromatic N) is 1. The van der Waals surface area contributed by atoms with Gasteiger partial charge in [-0.05, 0) is 23.6 Å². The van der Waals surface area contributed by atoms with Crippen molar-refractivity contribution in [3.63, 3.8) is 0 Å². The van der Waals surface area contributed by atoms with Crippen molar-refractivity contribution >= 4 is 52.9 Å². The first kappa shape index (κ1) is 18.4. The van der Waals surface area contributed by atoms with Crippen LogP contribution in [-0.2, 0) is 11.3 Å². The van der Waals surface area contributed by atoms with Crippen LogP contribution >= 0.6 is 35.3 Å². The number of amides is 1. The van der Waals surface area contributed by atoms with Gasteiger partial charge in [-0.3, -0.25) is 9.79 Å². The number of guanidine groups is 1. The van der Waals surface area contributed by atoms with Crippen LogP contribution in [0.2, 0.25) is 0 Å². The van der Waals surface area contributed by atoms with Crippen molar-refractivity contribution in [2.75, 3.05) is 18.9 Å². The molecule has 0 fully saturated rings. The van der Waals surface area contributed by atoms with Gasteiger partial charge in [0.1, 0.15) is 0 Å². The minimum Gasteiger partial charge on any atom is -0.352 e. The summed E-state index contributed by atoms with van der Waals surface area (Å²) in [6.07, 6.45) is 0. The predicted octanol–water partition coefficient (Wildman–Crippen LogP) is 2.67. The van der Waals surface area contributed by atoms with Gasteiger partial charge in [0.05, 0.1) is 13.1 Å². The number of hydrogen-bond donors (Lipinski definition) is 3. The SMILES string of the molecule is CN=C(NCC(=O)Nc1ccccc1)NCc1cccs1.I. The molecular formula is C15H19IN4OS. The van der Waals surface area contributed by atoms with Crippen LogP contribution in [0.5, 0.6) is 0 Å². The van der Waals surface area contributed by atoms with Gasteiger partial charge in [0.25, 0.3) is 0 Å². The van der Waals surface area contributed by atoms with Gasteiger partial charge >= 0.3 is 0 Å². The molecular weight excluding hydrogens is 411 g/mol. The molecule has 1 aromatic heterocycles. The lowest BCUT2D eigenvalue weighted by Gasteiger charge is -2.11.